The fourth-order valence-electron chi connectivity index (χ4n) is 0.438. The Morgan fingerprint density at radius 3 is 2.33 bits per heavy atom. The fraction of sp³-hybridized carbons (Fsp3) is 0.500. The topological polar surface area (TPSA) is 37.3 Å². The molecule has 0 amide bonds. The van der Waals surface area contributed by atoms with Gasteiger partial charge in [0.2, 0.25) is 0 Å². The Balaban J connectivity index is 3.94. The maximum atomic E-state index is 11.6. The van der Waals surface area contributed by atoms with E-state index in [1.165, 1.54) is 0 Å². The lowest BCUT2D eigenvalue weighted by atomic mass is 10.3. The van der Waals surface area contributed by atoms with Gasteiger partial charge >= 0.3 is 12.1 Å². The summed E-state index contributed by atoms with van der Waals surface area (Å²) in [7, 11) is 0. The highest BCUT2D eigenvalue weighted by atomic mass is 35.5. The molecule has 0 aromatic heterocycles. The van der Waals surface area contributed by atoms with Crippen LogP contribution in [0.25, 0.3) is 0 Å². The molecule has 0 aromatic carbocycles. The van der Waals surface area contributed by atoms with Gasteiger partial charge < -0.3 is 5.11 Å². The number of carboxylic acid groups (broad SMARTS) is 1. The quantitative estimate of drug-likeness (QED) is 0.764. The molecule has 0 heterocycles. The molecule has 6 heteroatoms. The second kappa shape index (κ2) is 4.35. The van der Waals surface area contributed by atoms with Gasteiger partial charge in [-0.1, -0.05) is 17.7 Å². The van der Waals surface area contributed by atoms with E-state index in [0.29, 0.717) is 6.08 Å². The molecule has 2 nitrogen and oxygen atoms in total. The summed E-state index contributed by atoms with van der Waals surface area (Å²) in [6, 6.07) is 0. The lowest BCUT2D eigenvalue weighted by Crippen LogP contribution is -2.07. The highest BCUT2D eigenvalue weighted by Crippen LogP contribution is 2.28. The zero-order valence-electron chi connectivity index (χ0n) is 5.86. The van der Waals surface area contributed by atoms with Gasteiger partial charge in [0, 0.05) is 6.42 Å². The van der Waals surface area contributed by atoms with Crippen LogP contribution in [0.1, 0.15) is 12.8 Å². The molecule has 0 spiro atoms. The molecule has 0 saturated heterocycles. The number of aliphatic carboxylic acids is 1. The smallest absolute Gasteiger partial charge is 0.426 e. The van der Waals surface area contributed by atoms with Gasteiger partial charge in [-0.05, 0) is 6.42 Å². The summed E-state index contributed by atoms with van der Waals surface area (Å²) in [5.74, 6) is -1.15. The van der Waals surface area contributed by atoms with Crippen LogP contribution in [-0.2, 0) is 4.79 Å². The van der Waals surface area contributed by atoms with Crippen LogP contribution in [0.5, 0.6) is 0 Å². The van der Waals surface area contributed by atoms with Gasteiger partial charge in [0.1, 0.15) is 5.03 Å². The van der Waals surface area contributed by atoms with Crippen LogP contribution >= 0.6 is 11.6 Å². The Morgan fingerprint density at radius 1 is 1.50 bits per heavy atom. The van der Waals surface area contributed by atoms with Crippen molar-refractivity contribution in [3.8, 4) is 0 Å². The van der Waals surface area contributed by atoms with E-state index >= 15 is 0 Å². The molecule has 0 saturated carbocycles. The Labute approximate surface area is 71.6 Å². The minimum absolute atomic E-state index is 0.215. The summed E-state index contributed by atoms with van der Waals surface area (Å²) in [5.41, 5.74) is 0. The van der Waals surface area contributed by atoms with Crippen LogP contribution in [0.2, 0.25) is 0 Å². The minimum Gasteiger partial charge on any atom is -0.481 e. The van der Waals surface area contributed by atoms with Crippen LogP contribution in [0, 0.1) is 0 Å². The standard InChI is InChI=1S/C6H6ClF3O2/c7-4(6(8,9)10)2-1-3-5(11)12/h2H,1,3H2,(H,11,12)/b4-2-. The van der Waals surface area contributed by atoms with Crippen molar-refractivity contribution in [3.05, 3.63) is 11.1 Å². The third kappa shape index (κ3) is 5.01. The van der Waals surface area contributed by atoms with E-state index in [4.69, 9.17) is 16.7 Å². The van der Waals surface area contributed by atoms with E-state index in [-0.39, 0.29) is 12.8 Å². The molecule has 0 atom stereocenters. The van der Waals surface area contributed by atoms with Crippen molar-refractivity contribution < 1.29 is 23.1 Å². The maximum Gasteiger partial charge on any atom is 0.426 e. The van der Waals surface area contributed by atoms with Gasteiger partial charge in [-0.2, -0.15) is 13.2 Å². The number of halogens is 4. The lowest BCUT2D eigenvalue weighted by molar-refractivity contribution is -0.137. The van der Waals surface area contributed by atoms with Gasteiger partial charge in [0.15, 0.2) is 0 Å². The molecule has 0 aromatic rings. The molecule has 0 aliphatic heterocycles. The summed E-state index contributed by atoms with van der Waals surface area (Å²) in [4.78, 5) is 9.88. The first-order valence-electron chi connectivity index (χ1n) is 2.98. The molecule has 0 bridgehead atoms. The third-order valence-corrected chi connectivity index (χ3v) is 1.32. The van der Waals surface area contributed by atoms with Gasteiger partial charge in [-0.15, -0.1) is 0 Å². The normalized spacial score (nSPS) is 13.2. The zero-order valence-corrected chi connectivity index (χ0v) is 6.61. The predicted octanol–water partition coefficient (Wildman–Crippen LogP) is 2.54. The lowest BCUT2D eigenvalue weighted by Gasteiger charge is -2.02. The van der Waals surface area contributed by atoms with Crippen LogP contribution in [-0.4, -0.2) is 17.3 Å². The van der Waals surface area contributed by atoms with E-state index in [9.17, 15) is 18.0 Å². The molecular formula is C6H6ClF3O2. The number of alkyl halides is 3. The van der Waals surface area contributed by atoms with Gasteiger partial charge in [-0.25, -0.2) is 0 Å². The van der Waals surface area contributed by atoms with Crippen molar-refractivity contribution in [1.29, 1.82) is 0 Å². The third-order valence-electron chi connectivity index (χ3n) is 0.953. The number of rotatable bonds is 3. The van der Waals surface area contributed by atoms with Gasteiger partial charge in [-0.3, -0.25) is 4.79 Å². The molecule has 0 unspecified atom stereocenters. The molecule has 0 fully saturated rings. The molecule has 0 rings (SSSR count). The Hall–Kier alpha value is -0.710. The molecule has 70 valence electrons. The van der Waals surface area contributed by atoms with Crippen LogP contribution < -0.4 is 0 Å². The first kappa shape index (κ1) is 11.3. The van der Waals surface area contributed by atoms with Crippen molar-refractivity contribution in [2.24, 2.45) is 0 Å². The van der Waals surface area contributed by atoms with Crippen molar-refractivity contribution in [2.45, 2.75) is 19.0 Å². The van der Waals surface area contributed by atoms with Crippen LogP contribution in [0.3, 0.4) is 0 Å². The number of hydrogen-bond acceptors (Lipinski definition) is 1. The second-order valence-electron chi connectivity index (χ2n) is 1.98. The average molecular weight is 203 g/mol. The van der Waals surface area contributed by atoms with E-state index in [1.54, 1.807) is 0 Å². The Kier molecular flexibility index (Phi) is 4.09. The van der Waals surface area contributed by atoms with E-state index in [2.05, 4.69) is 0 Å². The van der Waals surface area contributed by atoms with E-state index < -0.39 is 17.2 Å². The van der Waals surface area contributed by atoms with Crippen molar-refractivity contribution in [3.63, 3.8) is 0 Å². The zero-order chi connectivity index (χ0) is 9.78. The minimum atomic E-state index is -4.57. The second-order valence-corrected chi connectivity index (χ2v) is 2.39. The summed E-state index contributed by atoms with van der Waals surface area (Å²) in [6.45, 7) is 0. The molecule has 1 N–H and O–H groups in total. The van der Waals surface area contributed by atoms with Gasteiger partial charge in [0.25, 0.3) is 0 Å². The summed E-state index contributed by atoms with van der Waals surface area (Å²) >= 11 is 4.78. The molecule has 0 aliphatic rings. The van der Waals surface area contributed by atoms with Crippen LogP contribution in [0.4, 0.5) is 13.2 Å². The monoisotopic (exact) mass is 202 g/mol. The van der Waals surface area contributed by atoms with E-state index in [1.807, 2.05) is 0 Å². The summed E-state index contributed by atoms with van der Waals surface area (Å²) in [5, 5.41) is 6.80. The highest BCUT2D eigenvalue weighted by molar-refractivity contribution is 6.30. The van der Waals surface area contributed by atoms with Crippen molar-refractivity contribution >= 4 is 17.6 Å². The van der Waals surface area contributed by atoms with Gasteiger partial charge in [0.05, 0.1) is 0 Å². The number of allylic oxidation sites excluding steroid dienone is 2. The number of hydrogen-bond donors (Lipinski definition) is 1. The Morgan fingerprint density at radius 2 is 2.00 bits per heavy atom. The average Bonchev–Trinajstić information content (AvgIpc) is 1.84. The van der Waals surface area contributed by atoms with Crippen molar-refractivity contribution in [1.82, 2.24) is 0 Å². The van der Waals surface area contributed by atoms with E-state index in [0.717, 1.165) is 0 Å². The fourth-order valence-corrected chi connectivity index (χ4v) is 0.547. The maximum absolute atomic E-state index is 11.6. The molecule has 0 radical (unpaired) electrons. The molecule has 0 aliphatic carbocycles. The first-order chi connectivity index (χ1) is 5.34. The Bertz CT molecular complexity index is 197. The molecular weight excluding hydrogens is 197 g/mol. The predicted molar refractivity (Wildman–Crippen MR) is 36.9 cm³/mol. The summed E-state index contributed by atoms with van der Waals surface area (Å²) in [6.07, 6.45) is -4.49. The number of carboxylic acids is 1. The largest absolute Gasteiger partial charge is 0.481 e. The highest BCUT2D eigenvalue weighted by Gasteiger charge is 2.31. The number of carbonyl (C=O) groups is 1. The van der Waals surface area contributed by atoms with Crippen molar-refractivity contribution in [2.75, 3.05) is 0 Å². The van der Waals surface area contributed by atoms with Crippen LogP contribution in [0.15, 0.2) is 11.1 Å². The molecule has 12 heavy (non-hydrogen) atoms. The first-order valence-corrected chi connectivity index (χ1v) is 3.36. The summed E-state index contributed by atoms with van der Waals surface area (Å²) < 4.78 is 34.9. The SMILES string of the molecule is O=C(O)CC/C=C(\Cl)C(F)(F)F.